The highest BCUT2D eigenvalue weighted by Crippen LogP contribution is 2.44. The highest BCUT2D eigenvalue weighted by Gasteiger charge is 2.45. The fourth-order valence-corrected chi connectivity index (χ4v) is 9.03. The van der Waals surface area contributed by atoms with Crippen molar-refractivity contribution in [3.8, 4) is 45.9 Å². The van der Waals surface area contributed by atoms with E-state index in [0.29, 0.717) is 0 Å². The van der Waals surface area contributed by atoms with Crippen LogP contribution in [-0.4, -0.2) is 23.0 Å². The lowest BCUT2D eigenvalue weighted by Gasteiger charge is -2.30. The Kier molecular flexibility index (Phi) is 4.45. The molecule has 230 valence electrons. The standard InChI is InChI=1S/C42H22B2N2O4/c1-3-11-29-23(9-1)25-17-19-35-39-41(25)45(29)31-13-5-7-15-33(31)49-43(39)27-21-28-38(22-37(27)47-35)48-36-20-18-26-24-10-2-4-12-30(24)46-32-14-6-8-16-34(32)50-44(28)40(36)42(26)46/h1-22H. The number of hydrogen-bond donors (Lipinski definition) is 0. The Balaban J connectivity index is 1.10. The number of nitrogens with zero attached hydrogens (tertiary/aromatic N) is 2. The second kappa shape index (κ2) is 8.73. The van der Waals surface area contributed by atoms with Crippen LogP contribution in [-0.2, 0) is 0 Å². The maximum Gasteiger partial charge on any atom is 0.436 e. The van der Waals surface area contributed by atoms with Crippen LogP contribution in [0.5, 0.6) is 34.5 Å². The first-order valence-electron chi connectivity index (χ1n) is 17.0. The fraction of sp³-hybridized carbons (Fsp3) is 0. The van der Waals surface area contributed by atoms with Gasteiger partial charge in [0.2, 0.25) is 0 Å². The van der Waals surface area contributed by atoms with Crippen molar-refractivity contribution < 1.29 is 18.8 Å². The first-order valence-corrected chi connectivity index (χ1v) is 17.0. The van der Waals surface area contributed by atoms with E-state index in [-0.39, 0.29) is 0 Å². The highest BCUT2D eigenvalue weighted by atomic mass is 16.5. The molecule has 0 saturated heterocycles. The summed E-state index contributed by atoms with van der Waals surface area (Å²) in [7, 11) is 0. The summed E-state index contributed by atoms with van der Waals surface area (Å²) in [6, 6.07) is 46.5. The van der Waals surface area contributed by atoms with Gasteiger partial charge in [0.15, 0.2) is 0 Å². The minimum absolute atomic E-state index is 0.420. The second-order valence-corrected chi connectivity index (χ2v) is 13.5. The van der Waals surface area contributed by atoms with E-state index in [0.717, 1.165) is 89.8 Å². The number of hydrogen-bond acceptors (Lipinski definition) is 4. The Hall–Kier alpha value is -6.53. The molecule has 0 unspecified atom stereocenters. The molecule has 8 heteroatoms. The lowest BCUT2D eigenvalue weighted by Crippen LogP contribution is -2.56. The molecular weight excluding hydrogens is 618 g/mol. The van der Waals surface area contributed by atoms with Gasteiger partial charge in [-0.1, -0.05) is 66.7 Å². The molecular formula is C42H22B2N2O4. The third kappa shape index (κ3) is 2.96. The Morgan fingerprint density at radius 1 is 0.380 bits per heavy atom. The Morgan fingerprint density at radius 2 is 0.840 bits per heavy atom. The minimum Gasteiger partial charge on any atom is -0.550 e. The average molecular weight is 640 g/mol. The van der Waals surface area contributed by atoms with E-state index in [1.54, 1.807) is 0 Å². The zero-order chi connectivity index (χ0) is 32.2. The molecule has 0 aliphatic carbocycles. The number of rotatable bonds is 0. The van der Waals surface area contributed by atoms with Crippen molar-refractivity contribution in [2.24, 2.45) is 0 Å². The zero-order valence-electron chi connectivity index (χ0n) is 26.4. The molecule has 6 nitrogen and oxygen atoms in total. The smallest absolute Gasteiger partial charge is 0.436 e. The average Bonchev–Trinajstić information content (AvgIpc) is 3.55. The fourth-order valence-electron chi connectivity index (χ4n) is 9.03. The SMILES string of the molecule is c1ccc2c(c1)OB1c3cc4c(cc3Oc3ccc5c6ccccc6n-2c5c31)Oc1ccc2c3ccccc3n3c2c1B4Oc1ccccc1-3. The van der Waals surface area contributed by atoms with Crippen molar-refractivity contribution in [2.75, 3.05) is 0 Å². The molecule has 2 aromatic heterocycles. The maximum absolute atomic E-state index is 7.09. The molecule has 0 radical (unpaired) electrons. The molecule has 4 aliphatic rings. The number of aromatic nitrogens is 2. The van der Waals surface area contributed by atoms with Crippen LogP contribution in [0.25, 0.3) is 55.0 Å². The number of benzene rings is 7. The van der Waals surface area contributed by atoms with Crippen LogP contribution < -0.4 is 40.6 Å². The molecule has 9 aromatic rings. The van der Waals surface area contributed by atoms with Crippen molar-refractivity contribution in [2.45, 2.75) is 0 Å². The molecule has 0 spiro atoms. The van der Waals surface area contributed by atoms with Gasteiger partial charge in [0, 0.05) is 49.5 Å². The molecule has 6 heterocycles. The predicted octanol–water partition coefficient (Wildman–Crippen LogP) is 7.09. The molecule has 0 N–H and O–H groups in total. The van der Waals surface area contributed by atoms with Gasteiger partial charge in [0.05, 0.1) is 33.4 Å². The summed E-state index contributed by atoms with van der Waals surface area (Å²) < 4.78 is 32.5. The van der Waals surface area contributed by atoms with Crippen molar-refractivity contribution in [3.05, 3.63) is 133 Å². The van der Waals surface area contributed by atoms with Crippen LogP contribution in [0.15, 0.2) is 133 Å². The zero-order valence-corrected chi connectivity index (χ0v) is 26.4. The lowest BCUT2D eigenvalue weighted by molar-refractivity contribution is 0.460. The van der Waals surface area contributed by atoms with Gasteiger partial charge in [-0.25, -0.2) is 0 Å². The van der Waals surface area contributed by atoms with Gasteiger partial charge in [0.25, 0.3) is 0 Å². The summed E-state index contributed by atoms with van der Waals surface area (Å²) in [5.74, 6) is 4.65. The Bertz CT molecular complexity index is 2830. The van der Waals surface area contributed by atoms with Gasteiger partial charge in [-0.2, -0.15) is 0 Å². The normalized spacial score (nSPS) is 14.2. The van der Waals surface area contributed by atoms with Crippen molar-refractivity contribution >= 4 is 79.3 Å². The third-order valence-corrected chi connectivity index (χ3v) is 11.0. The van der Waals surface area contributed by atoms with Gasteiger partial charge in [-0.3, -0.25) is 0 Å². The topological polar surface area (TPSA) is 46.8 Å². The summed E-state index contributed by atoms with van der Waals surface area (Å²) >= 11 is 0. The largest absolute Gasteiger partial charge is 0.550 e. The van der Waals surface area contributed by atoms with Gasteiger partial charge >= 0.3 is 13.8 Å². The van der Waals surface area contributed by atoms with Gasteiger partial charge in [0.1, 0.15) is 34.5 Å². The highest BCUT2D eigenvalue weighted by molar-refractivity contribution is 6.87. The van der Waals surface area contributed by atoms with Crippen LogP contribution in [0.2, 0.25) is 0 Å². The van der Waals surface area contributed by atoms with Crippen molar-refractivity contribution in [3.63, 3.8) is 0 Å². The van der Waals surface area contributed by atoms with E-state index in [4.69, 9.17) is 18.8 Å². The predicted molar refractivity (Wildman–Crippen MR) is 199 cm³/mol. The Morgan fingerprint density at radius 3 is 1.36 bits per heavy atom. The summed E-state index contributed by atoms with van der Waals surface area (Å²) in [5.41, 5.74) is 10.4. The molecule has 0 fully saturated rings. The van der Waals surface area contributed by atoms with Crippen LogP contribution in [0.4, 0.5) is 0 Å². The van der Waals surface area contributed by atoms with E-state index in [1.807, 2.05) is 18.2 Å². The summed E-state index contributed by atoms with van der Waals surface area (Å²) in [6.07, 6.45) is 0. The van der Waals surface area contributed by atoms with Gasteiger partial charge < -0.3 is 27.9 Å². The molecule has 0 amide bonds. The first kappa shape index (κ1) is 25.5. The van der Waals surface area contributed by atoms with E-state index >= 15 is 0 Å². The van der Waals surface area contributed by atoms with Gasteiger partial charge in [-0.15, -0.1) is 0 Å². The van der Waals surface area contributed by atoms with E-state index in [9.17, 15) is 0 Å². The maximum atomic E-state index is 7.09. The van der Waals surface area contributed by atoms with Crippen molar-refractivity contribution in [1.82, 2.24) is 9.13 Å². The number of ether oxygens (including phenoxy) is 2. The summed E-state index contributed by atoms with van der Waals surface area (Å²) in [5, 5.41) is 4.75. The molecule has 0 bridgehead atoms. The molecule has 0 saturated carbocycles. The molecule has 4 aliphatic heterocycles. The number of fused-ring (bicyclic) bond motifs is 14. The van der Waals surface area contributed by atoms with Crippen LogP contribution >= 0.6 is 0 Å². The monoisotopic (exact) mass is 640 g/mol. The van der Waals surface area contributed by atoms with Gasteiger partial charge in [-0.05, 0) is 60.7 Å². The third-order valence-electron chi connectivity index (χ3n) is 11.0. The molecule has 0 atom stereocenters. The number of para-hydroxylation sites is 6. The van der Waals surface area contributed by atoms with E-state index < -0.39 is 13.8 Å². The van der Waals surface area contributed by atoms with Crippen molar-refractivity contribution in [1.29, 1.82) is 0 Å². The second-order valence-electron chi connectivity index (χ2n) is 13.5. The molecule has 13 rings (SSSR count). The summed E-state index contributed by atoms with van der Waals surface area (Å²) in [4.78, 5) is 0. The lowest BCUT2D eigenvalue weighted by atomic mass is 9.48. The van der Waals surface area contributed by atoms with Crippen LogP contribution in [0, 0.1) is 0 Å². The van der Waals surface area contributed by atoms with Crippen LogP contribution in [0.3, 0.4) is 0 Å². The quantitative estimate of drug-likeness (QED) is 0.166. The first-order chi connectivity index (χ1) is 24.8. The molecule has 50 heavy (non-hydrogen) atoms. The minimum atomic E-state index is -0.420. The van der Waals surface area contributed by atoms with E-state index in [2.05, 4.69) is 124 Å². The summed E-state index contributed by atoms with van der Waals surface area (Å²) in [6.45, 7) is -0.840. The van der Waals surface area contributed by atoms with Crippen LogP contribution in [0.1, 0.15) is 0 Å². The van der Waals surface area contributed by atoms with E-state index in [1.165, 1.54) is 21.5 Å². The molecule has 7 aromatic carbocycles. The Labute approximate surface area is 285 Å².